The number of para-hydroxylation sites is 1. The minimum atomic E-state index is 0.563. The van der Waals surface area contributed by atoms with Crippen molar-refractivity contribution in [1.82, 2.24) is 4.98 Å². The summed E-state index contributed by atoms with van der Waals surface area (Å²) in [5.41, 5.74) is 7.97. The van der Waals surface area contributed by atoms with Gasteiger partial charge in [-0.05, 0) is 31.2 Å². The Hall–Kier alpha value is -2.03. The van der Waals surface area contributed by atoms with E-state index in [0.717, 1.165) is 17.9 Å². The first kappa shape index (κ1) is 10.5. The number of hydrogen-bond donors (Lipinski definition) is 1. The molecule has 3 nitrogen and oxygen atoms in total. The van der Waals surface area contributed by atoms with Crippen molar-refractivity contribution >= 4 is 17.2 Å². The number of hydrogen-bond acceptors (Lipinski definition) is 3. The molecule has 82 valence electrons. The molecular weight excluding hydrogens is 198 g/mol. The molecule has 0 aliphatic carbocycles. The van der Waals surface area contributed by atoms with Gasteiger partial charge in [0.1, 0.15) is 5.82 Å². The Morgan fingerprint density at radius 2 is 1.88 bits per heavy atom. The molecule has 16 heavy (non-hydrogen) atoms. The van der Waals surface area contributed by atoms with Crippen LogP contribution in [-0.4, -0.2) is 11.5 Å². The third kappa shape index (κ3) is 1.98. The molecule has 0 amide bonds. The van der Waals surface area contributed by atoms with Gasteiger partial charge in [0, 0.05) is 18.4 Å². The summed E-state index contributed by atoms with van der Waals surface area (Å²) in [6.45, 7) is 2.96. The van der Waals surface area contributed by atoms with Crippen LogP contribution in [0.25, 0.3) is 0 Å². The number of nitrogens with zero attached hydrogens (tertiary/aromatic N) is 2. The van der Waals surface area contributed by atoms with Gasteiger partial charge in [-0.2, -0.15) is 0 Å². The molecule has 0 fully saturated rings. The number of benzene rings is 1. The van der Waals surface area contributed by atoms with E-state index < -0.39 is 0 Å². The molecule has 0 atom stereocenters. The second kappa shape index (κ2) is 4.66. The molecule has 0 aliphatic heterocycles. The lowest BCUT2D eigenvalue weighted by Crippen LogP contribution is -2.17. The first-order valence-corrected chi connectivity index (χ1v) is 5.36. The van der Waals surface area contributed by atoms with E-state index in [-0.39, 0.29) is 0 Å². The monoisotopic (exact) mass is 213 g/mol. The first-order chi connectivity index (χ1) is 7.83. The van der Waals surface area contributed by atoms with E-state index in [4.69, 9.17) is 5.73 Å². The van der Waals surface area contributed by atoms with Gasteiger partial charge in [0.25, 0.3) is 0 Å². The van der Waals surface area contributed by atoms with Gasteiger partial charge in [-0.1, -0.05) is 18.2 Å². The van der Waals surface area contributed by atoms with Gasteiger partial charge >= 0.3 is 0 Å². The lowest BCUT2D eigenvalue weighted by Gasteiger charge is -2.23. The maximum absolute atomic E-state index is 5.88. The summed E-state index contributed by atoms with van der Waals surface area (Å²) in [4.78, 5) is 6.25. The summed E-state index contributed by atoms with van der Waals surface area (Å²) in [6, 6.07) is 14.1. The topological polar surface area (TPSA) is 42.2 Å². The standard InChI is InChI=1S/C13H15N3/c1-2-16(11-7-4-3-5-8-11)12-9-6-10-15-13(12)14/h3-10H,2H2,1H3,(H2,14,15). The van der Waals surface area contributed by atoms with E-state index >= 15 is 0 Å². The third-order valence-corrected chi connectivity index (χ3v) is 2.49. The first-order valence-electron chi connectivity index (χ1n) is 5.36. The van der Waals surface area contributed by atoms with Gasteiger partial charge in [-0.25, -0.2) is 4.98 Å². The molecule has 0 unspecified atom stereocenters. The van der Waals surface area contributed by atoms with E-state index in [1.54, 1.807) is 6.20 Å². The number of pyridine rings is 1. The highest BCUT2D eigenvalue weighted by molar-refractivity contribution is 5.71. The second-order valence-electron chi connectivity index (χ2n) is 3.49. The minimum absolute atomic E-state index is 0.563. The molecule has 0 bridgehead atoms. The van der Waals surface area contributed by atoms with E-state index in [1.165, 1.54) is 0 Å². The average Bonchev–Trinajstić information content (AvgIpc) is 2.34. The third-order valence-electron chi connectivity index (χ3n) is 2.49. The lowest BCUT2D eigenvalue weighted by molar-refractivity contribution is 1.02. The molecule has 1 aromatic heterocycles. The quantitative estimate of drug-likeness (QED) is 0.852. The maximum atomic E-state index is 5.88. The van der Waals surface area contributed by atoms with E-state index in [0.29, 0.717) is 5.82 Å². The highest BCUT2D eigenvalue weighted by Crippen LogP contribution is 2.27. The van der Waals surface area contributed by atoms with Crippen molar-refractivity contribution in [2.75, 3.05) is 17.2 Å². The highest BCUT2D eigenvalue weighted by atomic mass is 15.1. The fourth-order valence-electron chi connectivity index (χ4n) is 1.74. The molecule has 1 heterocycles. The number of aromatic nitrogens is 1. The van der Waals surface area contributed by atoms with Gasteiger partial charge in [0.15, 0.2) is 0 Å². The van der Waals surface area contributed by atoms with Gasteiger partial charge in [0.2, 0.25) is 0 Å². The van der Waals surface area contributed by atoms with Crippen LogP contribution in [0.15, 0.2) is 48.7 Å². The Kier molecular flexibility index (Phi) is 3.05. The molecule has 0 saturated carbocycles. The van der Waals surface area contributed by atoms with Crippen LogP contribution in [0.3, 0.4) is 0 Å². The zero-order chi connectivity index (χ0) is 11.4. The Balaban J connectivity index is 2.41. The van der Waals surface area contributed by atoms with Crippen molar-refractivity contribution in [3.63, 3.8) is 0 Å². The second-order valence-corrected chi connectivity index (χ2v) is 3.49. The van der Waals surface area contributed by atoms with Gasteiger partial charge in [-0.15, -0.1) is 0 Å². The SMILES string of the molecule is CCN(c1ccccc1)c1cccnc1N. The minimum Gasteiger partial charge on any atom is -0.382 e. The summed E-state index contributed by atoms with van der Waals surface area (Å²) in [6.07, 6.45) is 1.71. The number of rotatable bonds is 3. The van der Waals surface area contributed by atoms with E-state index in [2.05, 4.69) is 28.9 Å². The zero-order valence-electron chi connectivity index (χ0n) is 9.30. The molecule has 2 N–H and O–H groups in total. The van der Waals surface area contributed by atoms with Gasteiger partial charge in [0.05, 0.1) is 5.69 Å². The molecule has 1 aromatic carbocycles. The van der Waals surface area contributed by atoms with Crippen molar-refractivity contribution in [3.05, 3.63) is 48.7 Å². The van der Waals surface area contributed by atoms with E-state index in [9.17, 15) is 0 Å². The molecule has 0 radical (unpaired) electrons. The lowest BCUT2D eigenvalue weighted by atomic mass is 10.2. The van der Waals surface area contributed by atoms with Gasteiger partial charge < -0.3 is 10.6 Å². The zero-order valence-corrected chi connectivity index (χ0v) is 9.30. The molecular formula is C13H15N3. The molecule has 3 heteroatoms. The Labute approximate surface area is 95.5 Å². The average molecular weight is 213 g/mol. The largest absolute Gasteiger partial charge is 0.382 e. The molecule has 0 saturated heterocycles. The van der Waals surface area contributed by atoms with Gasteiger partial charge in [-0.3, -0.25) is 0 Å². The Morgan fingerprint density at radius 1 is 1.12 bits per heavy atom. The highest BCUT2D eigenvalue weighted by Gasteiger charge is 2.09. The summed E-state index contributed by atoms with van der Waals surface area (Å²) in [7, 11) is 0. The molecule has 0 spiro atoms. The van der Waals surface area contributed by atoms with Crippen LogP contribution in [-0.2, 0) is 0 Å². The van der Waals surface area contributed by atoms with Crippen LogP contribution in [0, 0.1) is 0 Å². The van der Waals surface area contributed by atoms with Crippen LogP contribution in [0.1, 0.15) is 6.92 Å². The van der Waals surface area contributed by atoms with Crippen LogP contribution in [0.4, 0.5) is 17.2 Å². The summed E-state index contributed by atoms with van der Waals surface area (Å²) in [5.74, 6) is 0.563. The van der Waals surface area contributed by atoms with E-state index in [1.807, 2.05) is 30.3 Å². The van der Waals surface area contributed by atoms with Crippen LogP contribution in [0.5, 0.6) is 0 Å². The molecule has 2 rings (SSSR count). The number of anilines is 3. The van der Waals surface area contributed by atoms with Crippen molar-refractivity contribution < 1.29 is 0 Å². The normalized spacial score (nSPS) is 10.1. The van der Waals surface area contributed by atoms with Crippen molar-refractivity contribution in [3.8, 4) is 0 Å². The Morgan fingerprint density at radius 3 is 2.50 bits per heavy atom. The smallest absolute Gasteiger partial charge is 0.147 e. The summed E-state index contributed by atoms with van der Waals surface area (Å²) >= 11 is 0. The predicted octanol–water partition coefficient (Wildman–Crippen LogP) is 2.82. The van der Waals surface area contributed by atoms with Crippen molar-refractivity contribution in [2.24, 2.45) is 0 Å². The fourth-order valence-corrected chi connectivity index (χ4v) is 1.74. The molecule has 0 aliphatic rings. The van der Waals surface area contributed by atoms with Crippen molar-refractivity contribution in [2.45, 2.75) is 6.92 Å². The maximum Gasteiger partial charge on any atom is 0.147 e. The summed E-state index contributed by atoms with van der Waals surface area (Å²) in [5, 5.41) is 0. The van der Waals surface area contributed by atoms with Crippen LogP contribution in [0.2, 0.25) is 0 Å². The number of nitrogens with two attached hydrogens (primary N) is 1. The van der Waals surface area contributed by atoms with Crippen LogP contribution < -0.4 is 10.6 Å². The Bertz CT molecular complexity index is 454. The molecule has 2 aromatic rings. The van der Waals surface area contributed by atoms with Crippen molar-refractivity contribution in [1.29, 1.82) is 0 Å². The number of nitrogen functional groups attached to an aromatic ring is 1. The fraction of sp³-hybridized carbons (Fsp3) is 0.154. The van der Waals surface area contributed by atoms with Crippen LogP contribution >= 0.6 is 0 Å². The predicted molar refractivity (Wildman–Crippen MR) is 67.8 cm³/mol. The summed E-state index contributed by atoms with van der Waals surface area (Å²) < 4.78 is 0.